The molecule has 2 heterocycles. The van der Waals surface area contributed by atoms with Gasteiger partial charge in [0.05, 0.1) is 15.6 Å². The molecule has 0 spiro atoms. The minimum absolute atomic E-state index is 0.0218. The third-order valence-electron chi connectivity index (χ3n) is 5.56. The highest BCUT2D eigenvalue weighted by molar-refractivity contribution is 7.16. The second-order valence-corrected chi connectivity index (χ2v) is 10.1. The molecular formula is C20H22Cl2N2OS. The van der Waals surface area contributed by atoms with Crippen molar-refractivity contribution < 1.29 is 4.79 Å². The number of thiophene rings is 1. The van der Waals surface area contributed by atoms with Gasteiger partial charge in [-0.2, -0.15) is 0 Å². The zero-order valence-corrected chi connectivity index (χ0v) is 17.4. The van der Waals surface area contributed by atoms with Crippen LogP contribution in [0, 0.1) is 11.3 Å². The Morgan fingerprint density at radius 1 is 1.19 bits per heavy atom. The quantitative estimate of drug-likeness (QED) is 0.601. The maximum absolute atomic E-state index is 12.9. The smallest absolute Gasteiger partial charge is 0.256 e. The molecule has 138 valence electrons. The molecule has 3 nitrogen and oxygen atoms in total. The summed E-state index contributed by atoms with van der Waals surface area (Å²) in [7, 11) is 0. The lowest BCUT2D eigenvalue weighted by atomic mass is 9.72. The molecule has 1 amide bonds. The number of halogens is 2. The zero-order chi connectivity index (χ0) is 18.6. The van der Waals surface area contributed by atoms with Gasteiger partial charge in [0, 0.05) is 10.4 Å². The maximum Gasteiger partial charge on any atom is 0.256 e. The van der Waals surface area contributed by atoms with Crippen LogP contribution in [0.2, 0.25) is 10.0 Å². The summed E-state index contributed by atoms with van der Waals surface area (Å²) in [6.07, 6.45) is 2.80. The average Bonchev–Trinajstić information content (AvgIpc) is 2.94. The number of carbonyl (C=O) groups excluding carboxylic acids is 1. The van der Waals surface area contributed by atoms with Crippen molar-refractivity contribution in [1.82, 2.24) is 5.32 Å². The molecule has 0 bridgehead atoms. The summed E-state index contributed by atoms with van der Waals surface area (Å²) in [5.74, 6) is 0.628. The van der Waals surface area contributed by atoms with Gasteiger partial charge in [-0.1, -0.05) is 56.1 Å². The summed E-state index contributed by atoms with van der Waals surface area (Å²) < 4.78 is 0. The van der Waals surface area contributed by atoms with Crippen LogP contribution in [0.4, 0.5) is 5.00 Å². The molecule has 0 unspecified atom stereocenters. The second kappa shape index (κ2) is 6.43. The van der Waals surface area contributed by atoms with Gasteiger partial charge in [-0.3, -0.25) is 4.79 Å². The molecule has 1 aromatic carbocycles. The van der Waals surface area contributed by atoms with E-state index in [1.165, 1.54) is 10.4 Å². The number of benzene rings is 1. The molecule has 2 atom stereocenters. The molecule has 4 rings (SSSR count). The van der Waals surface area contributed by atoms with Crippen molar-refractivity contribution in [2.75, 3.05) is 5.32 Å². The van der Waals surface area contributed by atoms with E-state index in [2.05, 4.69) is 31.4 Å². The van der Waals surface area contributed by atoms with Crippen LogP contribution in [0.25, 0.3) is 0 Å². The fraction of sp³-hybridized carbons (Fsp3) is 0.450. The van der Waals surface area contributed by atoms with Crippen LogP contribution in [0.5, 0.6) is 0 Å². The van der Waals surface area contributed by atoms with E-state index >= 15 is 0 Å². The Bertz CT molecular complexity index is 885. The van der Waals surface area contributed by atoms with E-state index in [9.17, 15) is 4.79 Å². The van der Waals surface area contributed by atoms with Gasteiger partial charge in [-0.05, 0) is 42.2 Å². The van der Waals surface area contributed by atoms with Crippen LogP contribution in [0.1, 0.15) is 59.7 Å². The molecule has 1 aliphatic heterocycles. The average molecular weight is 409 g/mol. The van der Waals surface area contributed by atoms with Crippen LogP contribution >= 0.6 is 34.5 Å². The van der Waals surface area contributed by atoms with Crippen molar-refractivity contribution in [3.8, 4) is 0 Å². The van der Waals surface area contributed by atoms with Crippen molar-refractivity contribution in [2.24, 2.45) is 11.3 Å². The van der Waals surface area contributed by atoms with E-state index in [-0.39, 0.29) is 17.5 Å². The maximum atomic E-state index is 12.9. The predicted octanol–water partition coefficient (Wildman–Crippen LogP) is 6.06. The number of nitrogens with one attached hydrogen (secondary N) is 2. The van der Waals surface area contributed by atoms with E-state index in [0.717, 1.165) is 35.4 Å². The van der Waals surface area contributed by atoms with Gasteiger partial charge in [0.15, 0.2) is 0 Å². The zero-order valence-electron chi connectivity index (χ0n) is 15.1. The summed E-state index contributed by atoms with van der Waals surface area (Å²) in [5.41, 5.74) is 3.13. The Hall–Kier alpha value is -1.23. The summed E-state index contributed by atoms with van der Waals surface area (Å²) in [6, 6.07) is 5.49. The summed E-state index contributed by atoms with van der Waals surface area (Å²) in [4.78, 5) is 14.2. The molecule has 1 aromatic heterocycles. The monoisotopic (exact) mass is 408 g/mol. The van der Waals surface area contributed by atoms with Gasteiger partial charge in [0.2, 0.25) is 0 Å². The molecule has 0 saturated heterocycles. The Balaban J connectivity index is 1.68. The van der Waals surface area contributed by atoms with Gasteiger partial charge in [-0.25, -0.2) is 0 Å². The summed E-state index contributed by atoms with van der Waals surface area (Å²) in [6.45, 7) is 6.91. The number of amides is 1. The van der Waals surface area contributed by atoms with Crippen molar-refractivity contribution in [3.63, 3.8) is 0 Å². The van der Waals surface area contributed by atoms with Gasteiger partial charge >= 0.3 is 0 Å². The van der Waals surface area contributed by atoms with Crippen LogP contribution in [-0.2, 0) is 12.8 Å². The van der Waals surface area contributed by atoms with E-state index < -0.39 is 0 Å². The van der Waals surface area contributed by atoms with Crippen molar-refractivity contribution >= 4 is 45.4 Å². The van der Waals surface area contributed by atoms with Crippen molar-refractivity contribution in [2.45, 2.75) is 46.2 Å². The predicted molar refractivity (Wildman–Crippen MR) is 110 cm³/mol. The van der Waals surface area contributed by atoms with Gasteiger partial charge in [0.1, 0.15) is 11.2 Å². The summed E-state index contributed by atoms with van der Waals surface area (Å²) >= 11 is 14.2. The molecule has 0 saturated carbocycles. The van der Waals surface area contributed by atoms with E-state index in [0.29, 0.717) is 16.0 Å². The molecule has 26 heavy (non-hydrogen) atoms. The minimum atomic E-state index is -0.361. The fourth-order valence-corrected chi connectivity index (χ4v) is 5.71. The second-order valence-electron chi connectivity index (χ2n) is 8.21. The molecule has 2 aromatic rings. The number of fused-ring (bicyclic) bond motifs is 3. The largest absolute Gasteiger partial charge is 0.353 e. The molecule has 2 aliphatic rings. The molecule has 1 aliphatic carbocycles. The number of hydrogen-bond donors (Lipinski definition) is 2. The van der Waals surface area contributed by atoms with Gasteiger partial charge in [0.25, 0.3) is 5.91 Å². The third kappa shape index (κ3) is 3.02. The van der Waals surface area contributed by atoms with Crippen LogP contribution in [0.15, 0.2) is 18.2 Å². The Morgan fingerprint density at radius 3 is 2.69 bits per heavy atom. The highest BCUT2D eigenvalue weighted by Gasteiger charge is 2.36. The van der Waals surface area contributed by atoms with E-state index in [1.807, 2.05) is 12.1 Å². The third-order valence-corrected chi connectivity index (χ3v) is 7.58. The number of rotatable bonds is 1. The minimum Gasteiger partial charge on any atom is -0.353 e. The lowest BCUT2D eigenvalue weighted by Gasteiger charge is -2.34. The van der Waals surface area contributed by atoms with Crippen LogP contribution < -0.4 is 10.6 Å². The Morgan fingerprint density at radius 2 is 1.96 bits per heavy atom. The molecule has 6 heteroatoms. The lowest BCUT2D eigenvalue weighted by molar-refractivity contribution is 0.0935. The molecule has 0 radical (unpaired) electrons. The number of carbonyl (C=O) groups is 1. The molecule has 0 fully saturated rings. The SMILES string of the molecule is CC(C)(C)[C@H]1CCc2c(sc3c2C(=O)N[C@@H](c2cccc(Cl)c2Cl)N3)C1. The first-order valence-electron chi connectivity index (χ1n) is 8.91. The first-order chi connectivity index (χ1) is 12.3. The summed E-state index contributed by atoms with van der Waals surface area (Å²) in [5, 5.41) is 8.43. The fourth-order valence-electron chi connectivity index (χ4n) is 3.94. The Kier molecular flexibility index (Phi) is 4.49. The topological polar surface area (TPSA) is 41.1 Å². The van der Waals surface area contributed by atoms with Crippen molar-refractivity contribution in [3.05, 3.63) is 49.8 Å². The van der Waals surface area contributed by atoms with E-state index in [4.69, 9.17) is 23.2 Å². The normalized spacial score (nSPS) is 22.3. The van der Waals surface area contributed by atoms with Crippen molar-refractivity contribution in [1.29, 1.82) is 0 Å². The first kappa shape index (κ1) is 18.1. The first-order valence-corrected chi connectivity index (χ1v) is 10.5. The number of anilines is 1. The molecular weight excluding hydrogens is 387 g/mol. The van der Waals surface area contributed by atoms with E-state index in [1.54, 1.807) is 17.4 Å². The number of hydrogen-bond acceptors (Lipinski definition) is 3. The highest BCUT2D eigenvalue weighted by Crippen LogP contribution is 2.46. The highest BCUT2D eigenvalue weighted by atomic mass is 35.5. The van der Waals surface area contributed by atoms with Crippen LogP contribution in [-0.4, -0.2) is 5.91 Å². The van der Waals surface area contributed by atoms with Crippen LogP contribution in [0.3, 0.4) is 0 Å². The molecule has 2 N–H and O–H groups in total. The lowest BCUT2D eigenvalue weighted by Crippen LogP contribution is -2.38. The van der Waals surface area contributed by atoms with Gasteiger partial charge in [-0.15, -0.1) is 11.3 Å². The standard InChI is InChI=1S/C20H22Cl2N2OS/c1-20(2,3)10-7-8-11-14(9-10)26-19-15(11)18(25)23-17(24-19)12-5-4-6-13(21)16(12)22/h4-6,10,17,24H,7-9H2,1-3H3,(H,23,25)/t10-,17+/m0/s1. The Labute approximate surface area is 168 Å². The van der Waals surface area contributed by atoms with Gasteiger partial charge < -0.3 is 10.6 Å².